The highest BCUT2D eigenvalue weighted by Crippen LogP contribution is 2.25. The van der Waals surface area contributed by atoms with Gasteiger partial charge < -0.3 is 0 Å². The summed E-state index contributed by atoms with van der Waals surface area (Å²) in [6, 6.07) is 7.25. The van der Waals surface area contributed by atoms with Crippen molar-refractivity contribution in [2.24, 2.45) is 7.05 Å². The summed E-state index contributed by atoms with van der Waals surface area (Å²) in [5, 5.41) is 0. The van der Waals surface area contributed by atoms with Crippen molar-refractivity contribution in [3.63, 3.8) is 0 Å². The molecule has 1 nitrogen and oxygen atoms in total. The average molecular weight is 235 g/mol. The summed E-state index contributed by atoms with van der Waals surface area (Å²) in [5.41, 5.74) is 0.929. The fourth-order valence-electron chi connectivity index (χ4n) is 1.91. The van der Waals surface area contributed by atoms with E-state index >= 15 is 0 Å². The Morgan fingerprint density at radius 1 is 1.06 bits per heavy atom. The highest BCUT2D eigenvalue weighted by atomic mass is 14.9. The molecule has 1 aromatic heterocycles. The van der Waals surface area contributed by atoms with Gasteiger partial charge in [0.25, 0.3) is 0 Å². The number of hydrogen-bond donors (Lipinski definition) is 0. The molecule has 2 aromatic rings. The van der Waals surface area contributed by atoms with Gasteiger partial charge in [-0.3, -0.25) is 0 Å². The summed E-state index contributed by atoms with van der Waals surface area (Å²) in [7, 11) is 1.50. The van der Waals surface area contributed by atoms with Crippen molar-refractivity contribution in [3.8, 4) is 11.3 Å². The maximum atomic E-state index is 7.79. The summed E-state index contributed by atoms with van der Waals surface area (Å²) in [6.45, 7) is -5.79. The second-order valence-corrected chi connectivity index (χ2v) is 4.07. The molecule has 0 spiro atoms. The summed E-state index contributed by atoms with van der Waals surface area (Å²) in [4.78, 5) is 0. The fraction of sp³-hybridized carbons (Fsp3) is 0.312. The van der Waals surface area contributed by atoms with Gasteiger partial charge in [-0.1, -0.05) is 18.2 Å². The molecule has 1 heteroatoms. The van der Waals surface area contributed by atoms with E-state index in [2.05, 4.69) is 0 Å². The van der Waals surface area contributed by atoms with Gasteiger partial charge in [0, 0.05) is 31.3 Å². The molecule has 0 unspecified atom stereocenters. The van der Waals surface area contributed by atoms with Gasteiger partial charge in [-0.2, -0.15) is 4.57 Å². The molecule has 0 N–H and O–H groups in total. The molecular formula is C16H20N+. The van der Waals surface area contributed by atoms with Crippen LogP contribution in [0.1, 0.15) is 34.7 Å². The number of hydrogen-bond acceptors (Lipinski definition) is 0. The average Bonchev–Trinajstić information content (AvgIpc) is 2.44. The lowest BCUT2D eigenvalue weighted by Crippen LogP contribution is -2.35. The van der Waals surface area contributed by atoms with Crippen molar-refractivity contribution >= 4 is 0 Å². The molecule has 0 amide bonds. The van der Waals surface area contributed by atoms with E-state index in [-0.39, 0.29) is 22.5 Å². The summed E-state index contributed by atoms with van der Waals surface area (Å²) in [5.74, 6) is 0. The van der Waals surface area contributed by atoms with Crippen LogP contribution in [0.25, 0.3) is 11.3 Å². The Hall–Kier alpha value is -1.63. The molecule has 0 aliphatic carbocycles. The molecule has 0 aliphatic rings. The Balaban J connectivity index is 2.96. The molecule has 0 aliphatic heterocycles. The first-order valence-electron chi connectivity index (χ1n) is 9.79. The Labute approximate surface area is 116 Å². The summed E-state index contributed by atoms with van der Waals surface area (Å²) in [6.07, 6.45) is 0. The zero-order valence-electron chi connectivity index (χ0n) is 18.8. The minimum Gasteiger partial charge on any atom is -0.199 e. The van der Waals surface area contributed by atoms with Gasteiger partial charge in [-0.25, -0.2) is 0 Å². The highest BCUT2D eigenvalue weighted by Gasteiger charge is 2.16. The van der Waals surface area contributed by atoms with Crippen LogP contribution < -0.4 is 4.57 Å². The third-order valence-corrected chi connectivity index (χ3v) is 2.84. The van der Waals surface area contributed by atoms with Crippen LogP contribution in [0.4, 0.5) is 0 Å². The molecule has 0 atom stereocenters. The number of benzene rings is 1. The second-order valence-electron chi connectivity index (χ2n) is 4.07. The molecular weight excluding hydrogens is 206 g/mol. The van der Waals surface area contributed by atoms with Gasteiger partial charge in [0.2, 0.25) is 5.69 Å². The minimum atomic E-state index is -2.55. The molecule has 1 aromatic carbocycles. The Morgan fingerprint density at radius 2 is 1.88 bits per heavy atom. The lowest BCUT2D eigenvalue weighted by atomic mass is 9.98. The van der Waals surface area contributed by atoms with E-state index in [9.17, 15) is 0 Å². The Kier molecular flexibility index (Phi) is 1.25. The quantitative estimate of drug-likeness (QED) is 0.667. The van der Waals surface area contributed by atoms with Crippen molar-refractivity contribution in [2.45, 2.75) is 27.5 Å². The molecule has 0 radical (unpaired) electrons. The van der Waals surface area contributed by atoms with Crippen LogP contribution in [0.15, 0.2) is 30.3 Å². The van der Waals surface area contributed by atoms with Crippen LogP contribution in [-0.2, 0) is 7.05 Å². The second kappa shape index (κ2) is 4.33. The van der Waals surface area contributed by atoms with Crippen LogP contribution in [0.2, 0.25) is 0 Å². The Morgan fingerprint density at radius 3 is 2.59 bits per heavy atom. The van der Waals surface area contributed by atoms with Crippen molar-refractivity contribution in [1.29, 1.82) is 0 Å². The van der Waals surface area contributed by atoms with Gasteiger partial charge in [-0.05, 0) is 37.3 Å². The standard InChI is InChI=1S/C16H20N/c1-11-9-14(4)17(5)15(10-11)16-12(2)7-6-8-13(16)3/h6-10H,1-5H3/q+1/i1D3,2D3,4D3. The van der Waals surface area contributed by atoms with E-state index < -0.39 is 20.6 Å². The summed E-state index contributed by atoms with van der Waals surface area (Å²) < 4.78 is 70.9. The molecule has 17 heavy (non-hydrogen) atoms. The van der Waals surface area contributed by atoms with Gasteiger partial charge in [0.15, 0.2) is 5.69 Å². The number of aromatic nitrogens is 1. The number of pyridine rings is 1. The van der Waals surface area contributed by atoms with E-state index in [0.717, 1.165) is 6.07 Å². The summed E-state index contributed by atoms with van der Waals surface area (Å²) >= 11 is 0. The van der Waals surface area contributed by atoms with Crippen LogP contribution >= 0.6 is 0 Å². The Bertz CT molecular complexity index is 829. The lowest BCUT2D eigenvalue weighted by Gasteiger charge is -2.10. The maximum absolute atomic E-state index is 7.79. The van der Waals surface area contributed by atoms with Crippen LogP contribution in [-0.4, -0.2) is 0 Å². The maximum Gasteiger partial charge on any atom is 0.213 e. The number of nitrogens with zero attached hydrogens (tertiary/aromatic N) is 1. The molecule has 0 saturated carbocycles. The third-order valence-electron chi connectivity index (χ3n) is 2.84. The largest absolute Gasteiger partial charge is 0.213 e. The van der Waals surface area contributed by atoms with Gasteiger partial charge in [-0.15, -0.1) is 0 Å². The van der Waals surface area contributed by atoms with Gasteiger partial charge >= 0.3 is 0 Å². The van der Waals surface area contributed by atoms with E-state index in [0.29, 0.717) is 11.1 Å². The minimum absolute atomic E-state index is 0.0484. The molecule has 0 fully saturated rings. The van der Waals surface area contributed by atoms with Crippen LogP contribution in [0, 0.1) is 27.5 Å². The van der Waals surface area contributed by atoms with E-state index in [1.54, 1.807) is 19.1 Å². The smallest absolute Gasteiger partial charge is 0.199 e. The van der Waals surface area contributed by atoms with E-state index in [1.807, 2.05) is 0 Å². The number of rotatable bonds is 1. The normalized spacial score (nSPS) is 20.7. The highest BCUT2D eigenvalue weighted by molar-refractivity contribution is 5.65. The van der Waals surface area contributed by atoms with Crippen LogP contribution in [0.5, 0.6) is 0 Å². The third kappa shape index (κ3) is 2.10. The zero-order valence-corrected chi connectivity index (χ0v) is 9.83. The first kappa shape index (κ1) is 4.93. The molecule has 88 valence electrons. The monoisotopic (exact) mass is 235 g/mol. The SMILES string of the molecule is [2H]C([2H])([2H])c1cc(-c2c(C)cccc2C([2H])([2H])[2H])[n+](C)c(C([2H])([2H])[2H])c1. The first-order valence-corrected chi connectivity index (χ1v) is 5.29. The van der Waals surface area contributed by atoms with E-state index in [1.165, 1.54) is 23.7 Å². The molecule has 0 bridgehead atoms. The fourth-order valence-corrected chi connectivity index (χ4v) is 1.91. The zero-order chi connectivity index (χ0) is 20.1. The molecule has 0 saturated heterocycles. The lowest BCUT2D eigenvalue weighted by molar-refractivity contribution is -0.666. The molecule has 1 heterocycles. The van der Waals surface area contributed by atoms with Gasteiger partial charge in [0.1, 0.15) is 7.05 Å². The van der Waals surface area contributed by atoms with Gasteiger partial charge in [0.05, 0.1) is 5.56 Å². The van der Waals surface area contributed by atoms with Crippen molar-refractivity contribution < 1.29 is 16.9 Å². The van der Waals surface area contributed by atoms with Crippen molar-refractivity contribution in [3.05, 3.63) is 52.7 Å². The van der Waals surface area contributed by atoms with E-state index in [4.69, 9.17) is 12.3 Å². The molecule has 2 rings (SSSR count). The van der Waals surface area contributed by atoms with Crippen LogP contribution in [0.3, 0.4) is 0 Å². The topological polar surface area (TPSA) is 3.88 Å². The number of aryl methyl sites for hydroxylation is 4. The predicted molar refractivity (Wildman–Crippen MR) is 72.0 cm³/mol. The van der Waals surface area contributed by atoms with Crippen molar-refractivity contribution in [1.82, 2.24) is 0 Å². The first-order chi connectivity index (χ1) is 11.6. The van der Waals surface area contributed by atoms with Crippen molar-refractivity contribution in [2.75, 3.05) is 0 Å². The predicted octanol–water partition coefficient (Wildman–Crippen LogP) is 3.41.